The summed E-state index contributed by atoms with van der Waals surface area (Å²) in [5.74, 6) is 1.12. The summed E-state index contributed by atoms with van der Waals surface area (Å²) >= 11 is 0. The summed E-state index contributed by atoms with van der Waals surface area (Å²) in [7, 11) is 0. The van der Waals surface area contributed by atoms with Crippen LogP contribution in [0.3, 0.4) is 0 Å². The number of aromatic nitrogens is 2. The van der Waals surface area contributed by atoms with Gasteiger partial charge in [-0.05, 0) is 81.3 Å². The molecule has 2 bridgehead atoms. The number of rotatable bonds is 4. The number of hydrogen-bond acceptors (Lipinski definition) is 4. The molecule has 3 fully saturated rings. The van der Waals surface area contributed by atoms with E-state index in [2.05, 4.69) is 30.7 Å². The van der Waals surface area contributed by atoms with Gasteiger partial charge in [-0.25, -0.2) is 9.78 Å². The minimum absolute atomic E-state index is 0.0212. The van der Waals surface area contributed by atoms with Gasteiger partial charge in [0.05, 0.1) is 11.0 Å². The number of benzene rings is 1. The molecule has 0 amide bonds. The summed E-state index contributed by atoms with van der Waals surface area (Å²) in [5.41, 5.74) is 0.541. The van der Waals surface area contributed by atoms with E-state index in [1.807, 2.05) is 24.3 Å². The van der Waals surface area contributed by atoms with Gasteiger partial charge in [-0.3, -0.25) is 9.69 Å². The van der Waals surface area contributed by atoms with Gasteiger partial charge in [-0.1, -0.05) is 45.7 Å². The first-order chi connectivity index (χ1) is 16.9. The molecule has 190 valence electrons. The summed E-state index contributed by atoms with van der Waals surface area (Å²) in [4.78, 5) is 32.3. The van der Waals surface area contributed by atoms with Gasteiger partial charge in [0.25, 0.3) is 5.56 Å². The van der Waals surface area contributed by atoms with Crippen molar-refractivity contribution in [2.45, 2.75) is 109 Å². The smallest absolute Gasteiger partial charge is 0.360 e. The Labute approximate surface area is 208 Å². The van der Waals surface area contributed by atoms with Crippen molar-refractivity contribution in [3.8, 4) is 0 Å². The van der Waals surface area contributed by atoms with E-state index in [0.29, 0.717) is 23.6 Å². The lowest BCUT2D eigenvalue weighted by Gasteiger charge is -2.54. The van der Waals surface area contributed by atoms with Crippen LogP contribution in [0.2, 0.25) is 0 Å². The number of carbonyl (C=O) groups is 1. The molecular weight excluding hydrogens is 438 g/mol. The van der Waals surface area contributed by atoms with Crippen LogP contribution in [0.4, 0.5) is 0 Å². The van der Waals surface area contributed by atoms with Crippen molar-refractivity contribution >= 4 is 17.0 Å². The third kappa shape index (κ3) is 4.78. The van der Waals surface area contributed by atoms with Gasteiger partial charge in [-0.2, -0.15) is 0 Å². The average molecular weight is 480 g/mol. The second kappa shape index (κ2) is 10.0. The van der Waals surface area contributed by atoms with E-state index in [1.165, 1.54) is 51.4 Å². The molecule has 1 aliphatic carbocycles. The van der Waals surface area contributed by atoms with E-state index in [-0.39, 0.29) is 11.7 Å². The average Bonchev–Trinajstić information content (AvgIpc) is 2.80. The molecular formula is C29H41N3O3. The topological polar surface area (TPSA) is 75.4 Å². The second-order valence-electron chi connectivity index (χ2n) is 11.8. The Balaban J connectivity index is 1.46. The Morgan fingerprint density at radius 3 is 2.17 bits per heavy atom. The highest BCUT2D eigenvalue weighted by Crippen LogP contribution is 2.44. The Morgan fingerprint density at radius 1 is 0.943 bits per heavy atom. The van der Waals surface area contributed by atoms with Gasteiger partial charge in [-0.15, -0.1) is 0 Å². The first-order valence-electron chi connectivity index (χ1n) is 13.9. The predicted octanol–water partition coefficient (Wildman–Crippen LogP) is 5.89. The molecule has 0 spiro atoms. The maximum absolute atomic E-state index is 13.4. The van der Waals surface area contributed by atoms with Crippen molar-refractivity contribution in [3.05, 3.63) is 40.3 Å². The third-order valence-corrected chi connectivity index (χ3v) is 9.19. The zero-order valence-electron chi connectivity index (χ0n) is 21.5. The number of carboxylic acid groups (broad SMARTS) is 1. The van der Waals surface area contributed by atoms with E-state index in [0.717, 1.165) is 36.1 Å². The molecule has 35 heavy (non-hydrogen) atoms. The number of hydrogen-bond donors (Lipinski definition) is 1. The molecule has 0 unspecified atom stereocenters. The Morgan fingerprint density at radius 2 is 1.57 bits per heavy atom. The number of para-hydroxylation sites is 2. The lowest BCUT2D eigenvalue weighted by atomic mass is 9.74. The summed E-state index contributed by atoms with van der Waals surface area (Å²) < 4.78 is 1.78. The van der Waals surface area contributed by atoms with Gasteiger partial charge in [0, 0.05) is 24.2 Å². The van der Waals surface area contributed by atoms with Crippen LogP contribution < -0.4 is 5.56 Å². The maximum Gasteiger partial charge on any atom is 0.360 e. The minimum Gasteiger partial charge on any atom is -0.476 e. The summed E-state index contributed by atoms with van der Waals surface area (Å²) in [6, 6.07) is 9.07. The van der Waals surface area contributed by atoms with Crippen molar-refractivity contribution in [1.82, 2.24) is 14.5 Å². The van der Waals surface area contributed by atoms with Crippen molar-refractivity contribution in [2.24, 2.45) is 17.8 Å². The summed E-state index contributed by atoms with van der Waals surface area (Å²) in [5, 5.41) is 9.67. The van der Waals surface area contributed by atoms with Crippen molar-refractivity contribution in [2.75, 3.05) is 0 Å². The van der Waals surface area contributed by atoms with Crippen LogP contribution in [0.5, 0.6) is 0 Å². The van der Waals surface area contributed by atoms with Crippen LogP contribution in [-0.4, -0.2) is 43.7 Å². The van der Waals surface area contributed by atoms with E-state index in [4.69, 9.17) is 0 Å². The summed E-state index contributed by atoms with van der Waals surface area (Å²) in [6.07, 6.45) is 12.0. The highest BCUT2D eigenvalue weighted by Gasteiger charge is 2.43. The molecule has 7 atom stereocenters. The van der Waals surface area contributed by atoms with Crippen LogP contribution >= 0.6 is 0 Å². The normalized spacial score (nSPS) is 34.3. The molecule has 1 saturated carbocycles. The number of aromatic carboxylic acids is 1. The molecule has 0 radical (unpaired) electrons. The SMILES string of the molecule is CC[C@H]1C[C@@H](C)C[C@@H](N2[C@@H]3CCC[C@H]2C[C@@H](n2c(=O)c(C(=O)O)nc4ccccc42)C3)C[C@@H](C)C1. The second-order valence-corrected chi connectivity index (χ2v) is 11.8. The molecule has 1 N–H and O–H groups in total. The molecule has 2 saturated heterocycles. The van der Waals surface area contributed by atoms with Crippen molar-refractivity contribution < 1.29 is 9.90 Å². The molecule has 2 aliphatic heterocycles. The zero-order valence-corrected chi connectivity index (χ0v) is 21.5. The highest BCUT2D eigenvalue weighted by atomic mass is 16.4. The molecule has 5 rings (SSSR count). The molecule has 2 aromatic rings. The Kier molecular flexibility index (Phi) is 7.02. The van der Waals surface area contributed by atoms with Crippen molar-refractivity contribution in [3.63, 3.8) is 0 Å². The zero-order chi connectivity index (χ0) is 24.7. The van der Waals surface area contributed by atoms with Crippen LogP contribution in [0, 0.1) is 17.8 Å². The third-order valence-electron chi connectivity index (χ3n) is 9.19. The molecule has 6 nitrogen and oxygen atoms in total. The van der Waals surface area contributed by atoms with Crippen LogP contribution in [0.25, 0.3) is 11.0 Å². The predicted molar refractivity (Wildman–Crippen MR) is 139 cm³/mol. The Hall–Kier alpha value is -2.21. The quantitative estimate of drug-likeness (QED) is 0.591. The van der Waals surface area contributed by atoms with E-state index >= 15 is 0 Å². The van der Waals surface area contributed by atoms with E-state index in [1.54, 1.807) is 4.57 Å². The maximum atomic E-state index is 13.4. The minimum atomic E-state index is -1.24. The monoisotopic (exact) mass is 479 g/mol. The fourth-order valence-electron chi connectivity index (χ4n) is 7.88. The highest BCUT2D eigenvalue weighted by molar-refractivity contribution is 5.88. The van der Waals surface area contributed by atoms with Gasteiger partial charge < -0.3 is 9.67 Å². The first-order valence-corrected chi connectivity index (χ1v) is 13.9. The summed E-state index contributed by atoms with van der Waals surface area (Å²) in [6.45, 7) is 7.24. The van der Waals surface area contributed by atoms with Crippen LogP contribution in [0.1, 0.15) is 102 Å². The molecule has 3 heterocycles. The van der Waals surface area contributed by atoms with Gasteiger partial charge in [0.1, 0.15) is 0 Å². The fraction of sp³-hybridized carbons (Fsp3) is 0.690. The van der Waals surface area contributed by atoms with Crippen LogP contribution in [-0.2, 0) is 0 Å². The van der Waals surface area contributed by atoms with Gasteiger partial charge >= 0.3 is 5.97 Å². The molecule has 1 aromatic carbocycles. The fourth-order valence-corrected chi connectivity index (χ4v) is 7.88. The first kappa shape index (κ1) is 24.5. The lowest BCUT2D eigenvalue weighted by Crippen LogP contribution is -2.58. The van der Waals surface area contributed by atoms with Crippen LogP contribution in [0.15, 0.2) is 29.1 Å². The molecule has 6 heteroatoms. The largest absolute Gasteiger partial charge is 0.476 e. The lowest BCUT2D eigenvalue weighted by molar-refractivity contribution is -0.0351. The molecule has 3 aliphatic rings. The van der Waals surface area contributed by atoms with Gasteiger partial charge in [0.15, 0.2) is 0 Å². The van der Waals surface area contributed by atoms with Crippen molar-refractivity contribution in [1.29, 1.82) is 0 Å². The molecule has 1 aromatic heterocycles. The van der Waals surface area contributed by atoms with Gasteiger partial charge in [0.2, 0.25) is 5.69 Å². The number of piperidine rings is 2. The number of fused-ring (bicyclic) bond motifs is 3. The number of nitrogens with zero attached hydrogens (tertiary/aromatic N) is 3. The van der Waals surface area contributed by atoms with E-state index in [9.17, 15) is 14.7 Å². The number of carboxylic acids is 1. The Bertz CT molecular complexity index is 1100. The van der Waals surface area contributed by atoms with E-state index < -0.39 is 11.5 Å². The standard InChI is InChI=1S/C29H41N3O3/c1-4-20-12-18(2)14-23(15-19(3)13-20)31-21-8-7-9-22(31)17-24(16-21)32-26-11-6-5-10-25(26)30-27(28(32)33)29(34)35/h5-6,10-11,18-24H,4,7-9,12-17H2,1-3H3,(H,34,35)/t18-,19+,20+,21-,22+,23-,24+.